The number of aromatic nitrogens is 3. The lowest BCUT2D eigenvalue weighted by molar-refractivity contribution is 0.102. The first-order chi connectivity index (χ1) is 12.7. The predicted octanol–water partition coefficient (Wildman–Crippen LogP) is 4.09. The summed E-state index contributed by atoms with van der Waals surface area (Å²) in [5.41, 5.74) is 3.47. The zero-order valence-electron chi connectivity index (χ0n) is 14.1. The number of carbonyl (C=O) groups excluding carboxylic acids is 1. The largest absolute Gasteiger partial charge is 0.360 e. The van der Waals surface area contributed by atoms with Gasteiger partial charge in [-0.2, -0.15) is 0 Å². The fraction of sp³-hybridized carbons (Fsp3) is 0.0500. The van der Waals surface area contributed by atoms with E-state index < -0.39 is 0 Å². The summed E-state index contributed by atoms with van der Waals surface area (Å²) in [6.45, 7) is 1.73. The molecule has 0 saturated carbocycles. The summed E-state index contributed by atoms with van der Waals surface area (Å²) in [7, 11) is 0. The molecule has 2 heterocycles. The van der Waals surface area contributed by atoms with Gasteiger partial charge in [-0.3, -0.25) is 4.79 Å². The van der Waals surface area contributed by atoms with Crippen molar-refractivity contribution in [1.29, 1.82) is 0 Å². The third-order valence-corrected chi connectivity index (χ3v) is 4.06. The molecular weight excluding hydrogens is 328 g/mol. The van der Waals surface area contributed by atoms with Crippen LogP contribution in [0.2, 0.25) is 0 Å². The lowest BCUT2D eigenvalue weighted by Crippen LogP contribution is -2.13. The molecule has 0 saturated heterocycles. The average Bonchev–Trinajstić information content (AvgIpc) is 3.33. The molecule has 4 aromatic rings. The molecule has 1 amide bonds. The fourth-order valence-electron chi connectivity index (χ4n) is 2.75. The van der Waals surface area contributed by atoms with Gasteiger partial charge in [-0.15, -0.1) is 0 Å². The number of carbonyl (C=O) groups is 1. The Morgan fingerprint density at radius 2 is 1.85 bits per heavy atom. The van der Waals surface area contributed by atoms with E-state index in [1.54, 1.807) is 19.4 Å². The van der Waals surface area contributed by atoms with Gasteiger partial charge in [0.05, 0.1) is 6.33 Å². The van der Waals surface area contributed by atoms with Gasteiger partial charge in [0.25, 0.3) is 5.91 Å². The molecular formula is C20H16N4O2. The summed E-state index contributed by atoms with van der Waals surface area (Å²) >= 11 is 0. The third-order valence-electron chi connectivity index (χ3n) is 4.06. The second-order valence-electron chi connectivity index (χ2n) is 5.80. The van der Waals surface area contributed by atoms with Crippen LogP contribution in [-0.4, -0.2) is 20.6 Å². The van der Waals surface area contributed by atoms with Gasteiger partial charge in [0, 0.05) is 29.3 Å². The van der Waals surface area contributed by atoms with Crippen molar-refractivity contribution >= 4 is 11.6 Å². The smallest absolute Gasteiger partial charge is 0.261 e. The lowest BCUT2D eigenvalue weighted by atomic mass is 10.1. The molecule has 4 rings (SSSR count). The van der Waals surface area contributed by atoms with E-state index in [-0.39, 0.29) is 5.91 Å². The SMILES string of the molecule is Cc1onc(-c2ccccc2)c1C(=O)Nc1ccc(-n2ccnc2)cc1. The summed E-state index contributed by atoms with van der Waals surface area (Å²) in [6.07, 6.45) is 5.30. The summed E-state index contributed by atoms with van der Waals surface area (Å²) in [5.74, 6) is 0.231. The second-order valence-corrected chi connectivity index (χ2v) is 5.80. The maximum atomic E-state index is 12.8. The van der Waals surface area contributed by atoms with E-state index >= 15 is 0 Å². The highest BCUT2D eigenvalue weighted by Gasteiger charge is 2.21. The Bertz CT molecular complexity index is 1020. The van der Waals surface area contributed by atoms with Gasteiger partial charge < -0.3 is 14.4 Å². The molecule has 1 N–H and O–H groups in total. The lowest BCUT2D eigenvalue weighted by Gasteiger charge is -2.07. The van der Waals surface area contributed by atoms with E-state index in [1.165, 1.54) is 0 Å². The minimum atomic E-state index is -0.252. The highest BCUT2D eigenvalue weighted by Crippen LogP contribution is 2.26. The van der Waals surface area contributed by atoms with E-state index in [0.29, 0.717) is 22.7 Å². The van der Waals surface area contributed by atoms with E-state index in [4.69, 9.17) is 4.52 Å². The first-order valence-corrected chi connectivity index (χ1v) is 8.14. The molecule has 0 fully saturated rings. The van der Waals surface area contributed by atoms with Crippen LogP contribution in [0, 0.1) is 6.92 Å². The summed E-state index contributed by atoms with van der Waals surface area (Å²) in [6, 6.07) is 17.0. The van der Waals surface area contributed by atoms with Gasteiger partial charge in [0.2, 0.25) is 0 Å². The highest BCUT2D eigenvalue weighted by molar-refractivity contribution is 6.08. The summed E-state index contributed by atoms with van der Waals surface area (Å²) < 4.78 is 7.15. The van der Waals surface area contributed by atoms with Crippen LogP contribution in [0.25, 0.3) is 16.9 Å². The van der Waals surface area contributed by atoms with Crippen molar-refractivity contribution in [2.45, 2.75) is 6.92 Å². The Hall–Kier alpha value is -3.67. The first kappa shape index (κ1) is 15.8. The van der Waals surface area contributed by atoms with Gasteiger partial charge in [-0.25, -0.2) is 4.98 Å². The Morgan fingerprint density at radius 1 is 1.08 bits per heavy atom. The van der Waals surface area contributed by atoms with Crippen LogP contribution >= 0.6 is 0 Å². The molecule has 0 radical (unpaired) electrons. The number of amides is 1. The molecule has 0 aliphatic carbocycles. The molecule has 6 nitrogen and oxygen atoms in total. The summed E-state index contributed by atoms with van der Waals surface area (Å²) in [4.78, 5) is 16.8. The first-order valence-electron chi connectivity index (χ1n) is 8.14. The van der Waals surface area contributed by atoms with Crippen molar-refractivity contribution in [1.82, 2.24) is 14.7 Å². The second kappa shape index (κ2) is 6.68. The zero-order valence-corrected chi connectivity index (χ0v) is 14.1. The molecule has 0 aliphatic heterocycles. The predicted molar refractivity (Wildman–Crippen MR) is 98.2 cm³/mol. The minimum Gasteiger partial charge on any atom is -0.360 e. The van der Waals surface area contributed by atoms with Crippen molar-refractivity contribution in [2.75, 3.05) is 5.32 Å². The van der Waals surface area contributed by atoms with Gasteiger partial charge in [0.1, 0.15) is 17.0 Å². The van der Waals surface area contributed by atoms with Crippen LogP contribution in [0.1, 0.15) is 16.1 Å². The molecule has 0 unspecified atom stereocenters. The number of anilines is 1. The van der Waals surface area contributed by atoms with Gasteiger partial charge in [0.15, 0.2) is 0 Å². The number of nitrogens with zero attached hydrogens (tertiary/aromatic N) is 3. The zero-order chi connectivity index (χ0) is 17.9. The number of benzene rings is 2. The van der Waals surface area contributed by atoms with Crippen molar-refractivity contribution < 1.29 is 9.32 Å². The standard InChI is InChI=1S/C20H16N4O2/c1-14-18(19(23-26-14)15-5-3-2-4-6-15)20(25)22-16-7-9-17(10-8-16)24-12-11-21-13-24/h2-13H,1H3,(H,22,25). The van der Waals surface area contributed by atoms with Crippen molar-refractivity contribution in [2.24, 2.45) is 0 Å². The van der Waals surface area contributed by atoms with Crippen LogP contribution in [0.3, 0.4) is 0 Å². The molecule has 0 atom stereocenters. The summed E-state index contributed by atoms with van der Waals surface area (Å²) in [5, 5.41) is 6.95. The molecule has 0 bridgehead atoms. The van der Waals surface area contributed by atoms with Crippen LogP contribution in [0.15, 0.2) is 77.8 Å². The monoisotopic (exact) mass is 344 g/mol. The van der Waals surface area contributed by atoms with Gasteiger partial charge >= 0.3 is 0 Å². The number of hydrogen-bond acceptors (Lipinski definition) is 4. The van der Waals surface area contributed by atoms with Crippen molar-refractivity contribution in [3.63, 3.8) is 0 Å². The fourth-order valence-corrected chi connectivity index (χ4v) is 2.75. The van der Waals surface area contributed by atoms with E-state index in [0.717, 1.165) is 11.3 Å². The molecule has 26 heavy (non-hydrogen) atoms. The molecule has 6 heteroatoms. The van der Waals surface area contributed by atoms with E-state index in [2.05, 4.69) is 15.5 Å². The average molecular weight is 344 g/mol. The Kier molecular flexibility index (Phi) is 4.07. The van der Waals surface area contributed by atoms with E-state index in [9.17, 15) is 4.79 Å². The van der Waals surface area contributed by atoms with Crippen molar-refractivity contribution in [3.05, 3.63) is 84.6 Å². The Morgan fingerprint density at radius 3 is 2.54 bits per heavy atom. The number of rotatable bonds is 4. The maximum absolute atomic E-state index is 12.8. The van der Waals surface area contributed by atoms with Crippen LogP contribution in [0.4, 0.5) is 5.69 Å². The molecule has 2 aromatic carbocycles. The normalized spacial score (nSPS) is 10.7. The molecule has 2 aromatic heterocycles. The van der Waals surface area contributed by atoms with Crippen LogP contribution < -0.4 is 5.32 Å². The quantitative estimate of drug-likeness (QED) is 0.605. The minimum absolute atomic E-state index is 0.252. The van der Waals surface area contributed by atoms with Gasteiger partial charge in [-0.05, 0) is 31.2 Å². The topological polar surface area (TPSA) is 73.0 Å². The molecule has 128 valence electrons. The Labute approximate surface area is 150 Å². The van der Waals surface area contributed by atoms with Crippen LogP contribution in [0.5, 0.6) is 0 Å². The molecule has 0 spiro atoms. The number of hydrogen-bond donors (Lipinski definition) is 1. The number of imidazole rings is 1. The van der Waals surface area contributed by atoms with Crippen molar-refractivity contribution in [3.8, 4) is 16.9 Å². The molecule has 0 aliphatic rings. The van der Waals surface area contributed by atoms with Crippen LogP contribution in [-0.2, 0) is 0 Å². The van der Waals surface area contributed by atoms with Gasteiger partial charge in [-0.1, -0.05) is 35.5 Å². The van der Waals surface area contributed by atoms with E-state index in [1.807, 2.05) is 65.4 Å². The third kappa shape index (κ3) is 3.00. The number of nitrogens with one attached hydrogen (secondary N) is 1. The Balaban J connectivity index is 1.58. The maximum Gasteiger partial charge on any atom is 0.261 e. The number of aryl methyl sites for hydroxylation is 1. The highest BCUT2D eigenvalue weighted by atomic mass is 16.5.